The number of amides is 1. The summed E-state index contributed by atoms with van der Waals surface area (Å²) in [4.78, 5) is 13.3. The highest BCUT2D eigenvalue weighted by molar-refractivity contribution is 9.10. The van der Waals surface area contributed by atoms with Crippen molar-refractivity contribution in [3.8, 4) is 0 Å². The second-order valence-electron chi connectivity index (χ2n) is 4.45. The Labute approximate surface area is 130 Å². The van der Waals surface area contributed by atoms with Crippen LogP contribution in [-0.4, -0.2) is 5.91 Å². The molecule has 20 heavy (non-hydrogen) atoms. The molecular formula is C15H15BrFNOS. The lowest BCUT2D eigenvalue weighted by Gasteiger charge is -2.17. The minimum absolute atomic E-state index is 0.0640. The molecule has 1 unspecified atom stereocenters. The van der Waals surface area contributed by atoms with Gasteiger partial charge in [0.2, 0.25) is 0 Å². The third-order valence-electron chi connectivity index (χ3n) is 2.94. The van der Waals surface area contributed by atoms with Crippen LogP contribution in [0.2, 0.25) is 0 Å². The van der Waals surface area contributed by atoms with Gasteiger partial charge in [0.25, 0.3) is 5.91 Å². The predicted molar refractivity (Wildman–Crippen MR) is 83.5 cm³/mol. The largest absolute Gasteiger partial charge is 0.344 e. The van der Waals surface area contributed by atoms with Crippen molar-refractivity contribution in [3.63, 3.8) is 0 Å². The number of carbonyl (C=O) groups is 1. The van der Waals surface area contributed by atoms with Crippen LogP contribution in [0.25, 0.3) is 0 Å². The molecule has 1 aromatic heterocycles. The van der Waals surface area contributed by atoms with Crippen molar-refractivity contribution in [1.82, 2.24) is 5.32 Å². The molecule has 0 aliphatic heterocycles. The number of benzene rings is 1. The maximum Gasteiger partial charge on any atom is 0.254 e. The molecule has 0 fully saturated rings. The van der Waals surface area contributed by atoms with E-state index in [0.29, 0.717) is 4.47 Å². The molecule has 1 heterocycles. The second-order valence-corrected chi connectivity index (χ2v) is 6.35. The number of halogens is 2. The summed E-state index contributed by atoms with van der Waals surface area (Å²) < 4.78 is 14.4. The molecule has 1 amide bonds. The molecule has 2 aromatic rings. The Kier molecular flexibility index (Phi) is 5.31. The Balaban J connectivity index is 2.18. The lowest BCUT2D eigenvalue weighted by atomic mass is 10.1. The van der Waals surface area contributed by atoms with Crippen molar-refractivity contribution < 1.29 is 9.18 Å². The van der Waals surface area contributed by atoms with Gasteiger partial charge in [-0.2, -0.15) is 0 Å². The minimum Gasteiger partial charge on any atom is -0.344 e. The summed E-state index contributed by atoms with van der Waals surface area (Å²) in [5, 5.41) is 4.89. The molecule has 0 aliphatic carbocycles. The van der Waals surface area contributed by atoms with Gasteiger partial charge in [0, 0.05) is 9.35 Å². The highest BCUT2D eigenvalue weighted by Crippen LogP contribution is 2.24. The lowest BCUT2D eigenvalue weighted by Crippen LogP contribution is -2.28. The van der Waals surface area contributed by atoms with Gasteiger partial charge in [0.1, 0.15) is 5.82 Å². The first-order valence-corrected chi connectivity index (χ1v) is 8.08. The molecule has 0 radical (unpaired) electrons. The molecule has 2 nitrogen and oxygen atoms in total. The van der Waals surface area contributed by atoms with E-state index in [1.807, 2.05) is 17.5 Å². The average molecular weight is 356 g/mol. The van der Waals surface area contributed by atoms with Crippen LogP contribution in [-0.2, 0) is 0 Å². The van der Waals surface area contributed by atoms with Crippen LogP contribution in [0, 0.1) is 5.82 Å². The molecule has 0 saturated carbocycles. The first kappa shape index (κ1) is 15.2. The van der Waals surface area contributed by atoms with E-state index in [1.54, 1.807) is 17.4 Å². The third-order valence-corrected chi connectivity index (χ3v) is 4.42. The van der Waals surface area contributed by atoms with Crippen molar-refractivity contribution in [1.29, 1.82) is 0 Å². The van der Waals surface area contributed by atoms with Crippen molar-refractivity contribution in [2.45, 2.75) is 25.8 Å². The van der Waals surface area contributed by atoms with E-state index in [4.69, 9.17) is 0 Å². The molecule has 5 heteroatoms. The fraction of sp³-hybridized carbons (Fsp3) is 0.267. The quantitative estimate of drug-likeness (QED) is 0.809. The van der Waals surface area contributed by atoms with Crippen LogP contribution in [0.3, 0.4) is 0 Å². The van der Waals surface area contributed by atoms with E-state index in [2.05, 4.69) is 28.2 Å². The Morgan fingerprint density at radius 3 is 2.90 bits per heavy atom. The number of hydrogen-bond donors (Lipinski definition) is 1. The van der Waals surface area contributed by atoms with E-state index in [-0.39, 0.29) is 17.5 Å². The van der Waals surface area contributed by atoms with Crippen molar-refractivity contribution in [2.75, 3.05) is 0 Å². The number of hydrogen-bond acceptors (Lipinski definition) is 2. The molecule has 0 saturated heterocycles. The molecule has 1 aromatic carbocycles. The topological polar surface area (TPSA) is 29.1 Å². The Hall–Kier alpha value is -1.20. The van der Waals surface area contributed by atoms with E-state index in [1.165, 1.54) is 12.1 Å². The molecule has 1 atom stereocenters. The summed E-state index contributed by atoms with van der Waals surface area (Å²) in [6.45, 7) is 2.06. The zero-order valence-corrected chi connectivity index (χ0v) is 13.4. The summed E-state index contributed by atoms with van der Waals surface area (Å²) in [5.74, 6) is -0.886. The summed E-state index contributed by atoms with van der Waals surface area (Å²) in [6.07, 6.45) is 1.78. The summed E-state index contributed by atoms with van der Waals surface area (Å²) in [7, 11) is 0. The van der Waals surface area contributed by atoms with Gasteiger partial charge in [-0.1, -0.05) is 35.3 Å². The average Bonchev–Trinajstić information content (AvgIpc) is 2.95. The normalized spacial score (nSPS) is 12.2. The van der Waals surface area contributed by atoms with E-state index in [9.17, 15) is 9.18 Å². The number of carbonyl (C=O) groups excluding carboxylic acids is 1. The van der Waals surface area contributed by atoms with Gasteiger partial charge in [-0.05, 0) is 36.1 Å². The molecule has 1 N–H and O–H groups in total. The molecule has 0 aliphatic rings. The van der Waals surface area contributed by atoms with Gasteiger partial charge in [0.15, 0.2) is 0 Å². The molecule has 0 bridgehead atoms. The van der Waals surface area contributed by atoms with Gasteiger partial charge in [0.05, 0.1) is 11.6 Å². The van der Waals surface area contributed by atoms with Crippen LogP contribution in [0.15, 0.2) is 40.2 Å². The van der Waals surface area contributed by atoms with Crippen molar-refractivity contribution >= 4 is 33.2 Å². The summed E-state index contributed by atoms with van der Waals surface area (Å²) in [6, 6.07) is 8.25. The number of nitrogens with one attached hydrogen (secondary N) is 1. The Bertz CT molecular complexity index is 586. The van der Waals surface area contributed by atoms with E-state index >= 15 is 0 Å². The maximum atomic E-state index is 13.7. The van der Waals surface area contributed by atoms with Gasteiger partial charge in [-0.25, -0.2) is 4.39 Å². The highest BCUT2D eigenvalue weighted by Gasteiger charge is 2.18. The van der Waals surface area contributed by atoms with Crippen molar-refractivity contribution in [3.05, 3.63) is 56.4 Å². The van der Waals surface area contributed by atoms with Crippen LogP contribution >= 0.6 is 27.3 Å². The molecular weight excluding hydrogens is 341 g/mol. The first-order valence-electron chi connectivity index (χ1n) is 6.41. The van der Waals surface area contributed by atoms with Gasteiger partial charge < -0.3 is 5.32 Å². The van der Waals surface area contributed by atoms with Gasteiger partial charge >= 0.3 is 0 Å². The lowest BCUT2D eigenvalue weighted by molar-refractivity contribution is 0.0931. The Morgan fingerprint density at radius 1 is 1.45 bits per heavy atom. The maximum absolute atomic E-state index is 13.7. The number of thiophene rings is 1. The smallest absolute Gasteiger partial charge is 0.254 e. The SMILES string of the molecule is CCCC(NC(=O)c1cc(Br)ccc1F)c1cccs1. The zero-order chi connectivity index (χ0) is 14.5. The van der Waals surface area contributed by atoms with E-state index < -0.39 is 5.82 Å². The molecule has 106 valence electrons. The minimum atomic E-state index is -0.507. The fourth-order valence-electron chi connectivity index (χ4n) is 1.97. The molecule has 0 spiro atoms. The standard InChI is InChI=1S/C15H15BrFNOS/c1-2-4-13(14-5-3-8-20-14)18-15(19)11-9-10(16)6-7-12(11)17/h3,5-9,13H,2,4H2,1H3,(H,18,19). The monoisotopic (exact) mass is 355 g/mol. The second kappa shape index (κ2) is 6.99. The predicted octanol–water partition coefficient (Wildman–Crippen LogP) is 4.92. The molecule has 2 rings (SSSR count). The van der Waals surface area contributed by atoms with Crippen molar-refractivity contribution in [2.24, 2.45) is 0 Å². The first-order chi connectivity index (χ1) is 9.61. The van der Waals surface area contributed by atoms with Crippen LogP contribution < -0.4 is 5.32 Å². The summed E-state index contributed by atoms with van der Waals surface area (Å²) >= 11 is 4.85. The van der Waals surface area contributed by atoms with E-state index in [0.717, 1.165) is 17.7 Å². The summed E-state index contributed by atoms with van der Waals surface area (Å²) in [5.41, 5.74) is 0.0667. The van der Waals surface area contributed by atoms with Crippen LogP contribution in [0.5, 0.6) is 0 Å². The van der Waals surface area contributed by atoms with Gasteiger partial charge in [-0.3, -0.25) is 4.79 Å². The Morgan fingerprint density at radius 2 is 2.25 bits per heavy atom. The van der Waals surface area contributed by atoms with Crippen LogP contribution in [0.1, 0.15) is 41.0 Å². The number of rotatable bonds is 5. The van der Waals surface area contributed by atoms with Gasteiger partial charge in [-0.15, -0.1) is 11.3 Å². The zero-order valence-electron chi connectivity index (χ0n) is 11.0. The van der Waals surface area contributed by atoms with Crippen LogP contribution in [0.4, 0.5) is 4.39 Å². The third kappa shape index (κ3) is 3.67. The highest BCUT2D eigenvalue weighted by atomic mass is 79.9. The fourth-order valence-corrected chi connectivity index (χ4v) is 3.14.